The molecule has 2 aromatic carbocycles. The minimum Gasteiger partial charge on any atom is -0.423 e. The molecule has 1 aliphatic heterocycles. The minimum atomic E-state index is -0.507. The van der Waals surface area contributed by atoms with Crippen molar-refractivity contribution in [2.45, 2.75) is 0 Å². The number of amides is 1. The zero-order chi connectivity index (χ0) is 19.2. The Morgan fingerprint density at radius 1 is 0.926 bits per heavy atom. The molecule has 0 saturated carbocycles. The fourth-order valence-corrected chi connectivity index (χ4v) is 2.70. The van der Waals surface area contributed by atoms with Crippen molar-refractivity contribution >= 4 is 23.5 Å². The van der Waals surface area contributed by atoms with Gasteiger partial charge in [0.25, 0.3) is 5.91 Å². The van der Waals surface area contributed by atoms with E-state index in [2.05, 4.69) is 10.3 Å². The zero-order valence-corrected chi connectivity index (χ0v) is 14.7. The molecule has 2 aromatic rings. The standard InChI is InChI=1S/C19H21N5O3/c20-19(21)23-15-5-1-14(2-6-15)18(26)27-16-7-3-13(4-8-16)17(25)24-11-9-22-10-12-24/h1-8,22H,9-12H2,(H4,20,21,23). The summed E-state index contributed by atoms with van der Waals surface area (Å²) in [5.41, 5.74) is 12.1. The number of rotatable bonds is 4. The van der Waals surface area contributed by atoms with E-state index in [1.54, 1.807) is 53.4 Å². The van der Waals surface area contributed by atoms with Crippen molar-refractivity contribution in [1.29, 1.82) is 0 Å². The van der Waals surface area contributed by atoms with Crippen molar-refractivity contribution in [2.75, 3.05) is 26.2 Å². The number of hydrogen-bond acceptors (Lipinski definition) is 5. The first-order chi connectivity index (χ1) is 13.0. The van der Waals surface area contributed by atoms with Gasteiger partial charge in [0.15, 0.2) is 5.96 Å². The number of ether oxygens (including phenoxy) is 1. The molecular formula is C19H21N5O3. The van der Waals surface area contributed by atoms with Gasteiger partial charge in [-0.15, -0.1) is 0 Å². The van der Waals surface area contributed by atoms with Crippen molar-refractivity contribution in [3.05, 3.63) is 59.7 Å². The molecule has 27 heavy (non-hydrogen) atoms. The van der Waals surface area contributed by atoms with Gasteiger partial charge in [-0.05, 0) is 48.5 Å². The van der Waals surface area contributed by atoms with Crippen molar-refractivity contribution < 1.29 is 14.3 Å². The molecule has 8 nitrogen and oxygen atoms in total. The van der Waals surface area contributed by atoms with Crippen LogP contribution in [-0.2, 0) is 0 Å². The summed E-state index contributed by atoms with van der Waals surface area (Å²) in [5, 5.41) is 3.21. The smallest absolute Gasteiger partial charge is 0.343 e. The summed E-state index contributed by atoms with van der Waals surface area (Å²) >= 11 is 0. The van der Waals surface area contributed by atoms with Gasteiger partial charge in [-0.2, -0.15) is 0 Å². The lowest BCUT2D eigenvalue weighted by Gasteiger charge is -2.27. The molecule has 1 heterocycles. The third-order valence-electron chi connectivity index (χ3n) is 4.08. The SMILES string of the molecule is NC(N)=Nc1ccc(C(=O)Oc2ccc(C(=O)N3CCNCC3)cc2)cc1. The first kappa shape index (κ1) is 18.4. The van der Waals surface area contributed by atoms with Crippen LogP contribution in [-0.4, -0.2) is 48.9 Å². The molecular weight excluding hydrogens is 346 g/mol. The lowest BCUT2D eigenvalue weighted by Crippen LogP contribution is -2.46. The van der Waals surface area contributed by atoms with Crippen LogP contribution < -0.4 is 21.5 Å². The Morgan fingerprint density at radius 2 is 1.52 bits per heavy atom. The molecule has 3 rings (SSSR count). The van der Waals surface area contributed by atoms with Crippen molar-refractivity contribution in [3.63, 3.8) is 0 Å². The van der Waals surface area contributed by atoms with Crippen molar-refractivity contribution in [3.8, 4) is 5.75 Å². The third-order valence-corrected chi connectivity index (χ3v) is 4.08. The van der Waals surface area contributed by atoms with E-state index < -0.39 is 5.97 Å². The van der Waals surface area contributed by atoms with Gasteiger partial charge < -0.3 is 26.4 Å². The number of nitrogens with one attached hydrogen (secondary N) is 1. The van der Waals surface area contributed by atoms with E-state index in [1.807, 2.05) is 0 Å². The van der Waals surface area contributed by atoms with Crippen LogP contribution >= 0.6 is 0 Å². The van der Waals surface area contributed by atoms with Crippen LogP contribution in [0.15, 0.2) is 53.5 Å². The molecule has 0 unspecified atom stereocenters. The maximum absolute atomic E-state index is 12.4. The summed E-state index contributed by atoms with van der Waals surface area (Å²) in [6, 6.07) is 12.9. The number of benzene rings is 2. The van der Waals surface area contributed by atoms with E-state index in [0.717, 1.165) is 13.1 Å². The maximum Gasteiger partial charge on any atom is 0.343 e. The lowest BCUT2D eigenvalue weighted by molar-refractivity contribution is 0.0732. The molecule has 0 bridgehead atoms. The first-order valence-electron chi connectivity index (χ1n) is 8.55. The Kier molecular flexibility index (Phi) is 5.68. The topological polar surface area (TPSA) is 123 Å². The van der Waals surface area contributed by atoms with Gasteiger partial charge in [-0.25, -0.2) is 9.79 Å². The minimum absolute atomic E-state index is 0.0234. The van der Waals surface area contributed by atoms with E-state index in [4.69, 9.17) is 16.2 Å². The van der Waals surface area contributed by atoms with Gasteiger partial charge in [0.05, 0.1) is 11.3 Å². The summed E-state index contributed by atoms with van der Waals surface area (Å²) < 4.78 is 5.34. The molecule has 0 atom stereocenters. The van der Waals surface area contributed by atoms with Gasteiger partial charge in [0.2, 0.25) is 0 Å². The van der Waals surface area contributed by atoms with E-state index in [9.17, 15) is 9.59 Å². The molecule has 1 amide bonds. The second kappa shape index (κ2) is 8.33. The van der Waals surface area contributed by atoms with Crippen LogP contribution in [0.2, 0.25) is 0 Å². The van der Waals surface area contributed by atoms with Crippen molar-refractivity contribution in [2.24, 2.45) is 16.5 Å². The third kappa shape index (κ3) is 4.83. The van der Waals surface area contributed by atoms with Gasteiger partial charge in [0.1, 0.15) is 5.75 Å². The number of carbonyl (C=O) groups excluding carboxylic acids is 2. The number of carbonyl (C=O) groups is 2. The molecule has 1 fully saturated rings. The van der Waals surface area contributed by atoms with Crippen LogP contribution in [0.1, 0.15) is 20.7 Å². The van der Waals surface area contributed by atoms with Gasteiger partial charge in [-0.3, -0.25) is 4.79 Å². The summed E-state index contributed by atoms with van der Waals surface area (Å²) in [7, 11) is 0. The van der Waals surface area contributed by atoms with E-state index in [1.165, 1.54) is 0 Å². The van der Waals surface area contributed by atoms with E-state index in [-0.39, 0.29) is 11.9 Å². The quantitative estimate of drug-likeness (QED) is 0.319. The Hall–Kier alpha value is -3.39. The van der Waals surface area contributed by atoms with Gasteiger partial charge in [-0.1, -0.05) is 0 Å². The van der Waals surface area contributed by atoms with E-state index >= 15 is 0 Å². The predicted octanol–water partition coefficient (Wildman–Crippen LogP) is 0.856. The molecule has 1 saturated heterocycles. The monoisotopic (exact) mass is 367 g/mol. The number of piperazine rings is 1. The Bertz CT molecular complexity index is 837. The van der Waals surface area contributed by atoms with Crippen LogP contribution in [0.25, 0.3) is 0 Å². The maximum atomic E-state index is 12.4. The Morgan fingerprint density at radius 3 is 2.11 bits per heavy atom. The molecule has 1 aliphatic rings. The van der Waals surface area contributed by atoms with Crippen molar-refractivity contribution in [1.82, 2.24) is 10.2 Å². The first-order valence-corrected chi connectivity index (χ1v) is 8.55. The number of nitrogens with two attached hydrogens (primary N) is 2. The molecule has 5 N–H and O–H groups in total. The molecule has 140 valence electrons. The number of hydrogen-bond donors (Lipinski definition) is 3. The van der Waals surface area contributed by atoms with Crippen LogP contribution in [0.4, 0.5) is 5.69 Å². The number of aliphatic imine (C=N–C) groups is 1. The summed E-state index contributed by atoms with van der Waals surface area (Å²) in [5.74, 6) is -0.219. The molecule has 0 radical (unpaired) electrons. The average molecular weight is 367 g/mol. The Labute approximate surface area is 156 Å². The summed E-state index contributed by atoms with van der Waals surface area (Å²) in [6.07, 6.45) is 0. The Balaban J connectivity index is 1.62. The average Bonchev–Trinajstić information content (AvgIpc) is 2.69. The highest BCUT2D eigenvalue weighted by atomic mass is 16.5. The number of guanidine groups is 1. The molecule has 0 spiro atoms. The highest BCUT2D eigenvalue weighted by molar-refractivity contribution is 5.95. The summed E-state index contributed by atoms with van der Waals surface area (Å²) in [4.78, 5) is 30.3. The van der Waals surface area contributed by atoms with Crippen LogP contribution in [0, 0.1) is 0 Å². The second-order valence-electron chi connectivity index (χ2n) is 6.04. The fourth-order valence-electron chi connectivity index (χ4n) is 2.70. The highest BCUT2D eigenvalue weighted by Crippen LogP contribution is 2.18. The molecule has 0 aliphatic carbocycles. The zero-order valence-electron chi connectivity index (χ0n) is 14.7. The van der Waals surface area contributed by atoms with Crippen LogP contribution in [0.3, 0.4) is 0 Å². The fraction of sp³-hybridized carbons (Fsp3) is 0.211. The second-order valence-corrected chi connectivity index (χ2v) is 6.04. The van der Waals surface area contributed by atoms with Crippen LogP contribution in [0.5, 0.6) is 5.75 Å². The number of nitrogens with zero attached hydrogens (tertiary/aromatic N) is 2. The normalized spacial score (nSPS) is 13.7. The number of esters is 1. The highest BCUT2D eigenvalue weighted by Gasteiger charge is 2.18. The molecule has 0 aromatic heterocycles. The predicted molar refractivity (Wildman–Crippen MR) is 102 cm³/mol. The van der Waals surface area contributed by atoms with Gasteiger partial charge in [0, 0.05) is 31.7 Å². The van der Waals surface area contributed by atoms with Gasteiger partial charge >= 0.3 is 5.97 Å². The molecule has 8 heteroatoms. The summed E-state index contributed by atoms with van der Waals surface area (Å²) in [6.45, 7) is 2.96. The largest absolute Gasteiger partial charge is 0.423 e. The lowest BCUT2D eigenvalue weighted by atomic mass is 10.1. The van der Waals surface area contributed by atoms with E-state index in [0.29, 0.717) is 35.7 Å².